The van der Waals surface area contributed by atoms with Gasteiger partial charge in [0.1, 0.15) is 12.2 Å². The first kappa shape index (κ1) is 11.6. The second-order valence-corrected chi connectivity index (χ2v) is 3.26. The monoisotopic (exact) mass is 220 g/mol. The Bertz CT molecular complexity index is 409. The highest BCUT2D eigenvalue weighted by Crippen LogP contribution is 2.16. The molecule has 0 aliphatic rings. The molecule has 15 heavy (non-hydrogen) atoms. The van der Waals surface area contributed by atoms with E-state index in [1.165, 1.54) is 17.8 Å². The van der Waals surface area contributed by atoms with Crippen LogP contribution in [0.15, 0.2) is 17.1 Å². The molecule has 3 nitrogen and oxygen atoms in total. The van der Waals surface area contributed by atoms with Gasteiger partial charge in [0.05, 0.1) is 0 Å². The zero-order valence-electron chi connectivity index (χ0n) is 8.35. The van der Waals surface area contributed by atoms with Crippen LogP contribution in [0, 0.1) is 6.92 Å². The zero-order valence-corrected chi connectivity index (χ0v) is 8.35. The normalized spacial score (nSPS) is 11.5. The highest BCUT2D eigenvalue weighted by Gasteiger charge is 2.27. The summed E-state index contributed by atoms with van der Waals surface area (Å²) in [6, 6.07) is 1.58. The van der Waals surface area contributed by atoms with Crippen LogP contribution in [0.2, 0.25) is 0 Å². The predicted molar refractivity (Wildman–Crippen MR) is 51.0 cm³/mol. The lowest BCUT2D eigenvalue weighted by molar-refractivity contribution is -0.115. The number of pyridine rings is 1. The minimum absolute atomic E-state index is 0.00248. The highest BCUT2D eigenvalue weighted by atomic mass is 19.4. The summed E-state index contributed by atoms with van der Waals surface area (Å²) in [5.41, 5.74) is 0.0407. The van der Waals surface area contributed by atoms with Crippen LogP contribution in [-0.4, -0.2) is 17.3 Å². The fraction of sp³-hybridized carbons (Fsp3) is 0.444. The molecule has 0 aromatic carbocycles. The fourth-order valence-corrected chi connectivity index (χ4v) is 1.12. The van der Waals surface area contributed by atoms with Crippen LogP contribution in [0.25, 0.3) is 0 Å². The highest BCUT2D eigenvalue weighted by molar-refractivity contribution is 5.48. The van der Waals surface area contributed by atoms with Crippen molar-refractivity contribution in [3.05, 3.63) is 28.2 Å². The summed E-state index contributed by atoms with van der Waals surface area (Å²) in [5, 5.41) is 2.10. The van der Waals surface area contributed by atoms with E-state index < -0.39 is 18.3 Å². The van der Waals surface area contributed by atoms with Crippen molar-refractivity contribution < 1.29 is 13.2 Å². The minimum atomic E-state index is -4.33. The number of nitrogens with one attached hydrogen (secondary N) is 1. The molecule has 0 amide bonds. The first-order valence-electron chi connectivity index (χ1n) is 4.28. The summed E-state index contributed by atoms with van der Waals surface area (Å²) in [5.74, 6) is 0. The largest absolute Gasteiger partial charge is 0.405 e. The third-order valence-corrected chi connectivity index (χ3v) is 1.94. The number of hydrogen-bond acceptors (Lipinski definition) is 2. The van der Waals surface area contributed by atoms with Crippen LogP contribution in [0.3, 0.4) is 0 Å². The Kier molecular flexibility index (Phi) is 3.06. The lowest BCUT2D eigenvalue weighted by Crippen LogP contribution is -2.27. The van der Waals surface area contributed by atoms with Crippen molar-refractivity contribution in [2.45, 2.75) is 13.1 Å². The van der Waals surface area contributed by atoms with E-state index in [0.29, 0.717) is 5.56 Å². The summed E-state index contributed by atoms with van der Waals surface area (Å²) in [6.07, 6.45) is -2.82. The van der Waals surface area contributed by atoms with E-state index in [9.17, 15) is 18.0 Å². The predicted octanol–water partition coefficient (Wildman–Crippen LogP) is 1.67. The van der Waals surface area contributed by atoms with Gasteiger partial charge < -0.3 is 9.88 Å². The van der Waals surface area contributed by atoms with Gasteiger partial charge in [-0.25, -0.2) is 0 Å². The van der Waals surface area contributed by atoms with Gasteiger partial charge >= 0.3 is 6.18 Å². The summed E-state index contributed by atoms with van der Waals surface area (Å²) < 4.78 is 37.0. The quantitative estimate of drug-likeness (QED) is 0.822. The Hall–Kier alpha value is -1.46. The number of aryl methyl sites for hydroxylation is 2. The molecular formula is C9H11F3N2O. The van der Waals surface area contributed by atoms with Crippen LogP contribution in [0.5, 0.6) is 0 Å². The molecule has 1 rings (SSSR count). The van der Waals surface area contributed by atoms with Crippen LogP contribution in [-0.2, 0) is 7.05 Å². The maximum atomic E-state index is 11.9. The molecule has 0 spiro atoms. The second-order valence-electron chi connectivity index (χ2n) is 3.26. The van der Waals surface area contributed by atoms with Crippen molar-refractivity contribution >= 4 is 5.69 Å². The number of hydrogen-bond donors (Lipinski definition) is 1. The maximum absolute atomic E-state index is 11.9. The lowest BCUT2D eigenvalue weighted by atomic mass is 10.2. The molecule has 0 radical (unpaired) electrons. The molecular weight excluding hydrogens is 209 g/mol. The van der Waals surface area contributed by atoms with E-state index >= 15 is 0 Å². The van der Waals surface area contributed by atoms with E-state index in [0.717, 1.165) is 0 Å². The van der Waals surface area contributed by atoms with Gasteiger partial charge in [-0.2, -0.15) is 13.2 Å². The number of alkyl halides is 3. The van der Waals surface area contributed by atoms with E-state index in [1.54, 1.807) is 13.0 Å². The van der Waals surface area contributed by atoms with Gasteiger partial charge in [-0.3, -0.25) is 4.79 Å². The van der Waals surface area contributed by atoms with Crippen molar-refractivity contribution in [2.75, 3.05) is 11.9 Å². The Morgan fingerprint density at radius 2 is 2.07 bits per heavy atom. The van der Waals surface area contributed by atoms with Gasteiger partial charge in [0.2, 0.25) is 0 Å². The van der Waals surface area contributed by atoms with Gasteiger partial charge in [-0.15, -0.1) is 0 Å². The second kappa shape index (κ2) is 3.96. The van der Waals surface area contributed by atoms with Gasteiger partial charge in [0, 0.05) is 13.2 Å². The van der Waals surface area contributed by atoms with Gasteiger partial charge in [0.15, 0.2) is 0 Å². The van der Waals surface area contributed by atoms with Crippen molar-refractivity contribution in [2.24, 2.45) is 7.05 Å². The lowest BCUT2D eigenvalue weighted by Gasteiger charge is -2.11. The van der Waals surface area contributed by atoms with E-state index in [4.69, 9.17) is 0 Å². The molecule has 1 heterocycles. The molecule has 0 unspecified atom stereocenters. The third kappa shape index (κ3) is 3.00. The SMILES string of the molecule is Cc1ccn(C)c(=O)c1NCC(F)(F)F. The molecule has 1 N–H and O–H groups in total. The molecule has 0 fully saturated rings. The topological polar surface area (TPSA) is 34.0 Å². The van der Waals surface area contributed by atoms with Gasteiger partial charge in [-0.05, 0) is 18.6 Å². The minimum Gasteiger partial charge on any atom is -0.372 e. The van der Waals surface area contributed by atoms with Crippen molar-refractivity contribution in [3.63, 3.8) is 0 Å². The smallest absolute Gasteiger partial charge is 0.372 e. The molecule has 0 saturated heterocycles. The summed E-state index contributed by atoms with van der Waals surface area (Å²) in [7, 11) is 1.49. The van der Waals surface area contributed by atoms with Gasteiger partial charge in [0.25, 0.3) is 5.56 Å². The molecule has 0 aliphatic heterocycles. The molecule has 1 aromatic rings. The summed E-state index contributed by atoms with van der Waals surface area (Å²) in [6.45, 7) is 0.382. The van der Waals surface area contributed by atoms with Crippen LogP contribution < -0.4 is 10.9 Å². The number of halogens is 3. The number of anilines is 1. The first-order chi connectivity index (χ1) is 6.81. The third-order valence-electron chi connectivity index (χ3n) is 1.94. The van der Waals surface area contributed by atoms with Crippen LogP contribution in [0.4, 0.5) is 18.9 Å². The summed E-state index contributed by atoms with van der Waals surface area (Å²) >= 11 is 0. The average Bonchev–Trinajstić information content (AvgIpc) is 2.10. The Morgan fingerprint density at radius 1 is 1.47 bits per heavy atom. The van der Waals surface area contributed by atoms with E-state index in [-0.39, 0.29) is 5.69 Å². The van der Waals surface area contributed by atoms with Crippen LogP contribution in [0.1, 0.15) is 5.56 Å². The molecule has 84 valence electrons. The Labute approximate surface area is 84.5 Å². The first-order valence-corrected chi connectivity index (χ1v) is 4.28. The fourth-order valence-electron chi connectivity index (χ4n) is 1.12. The van der Waals surface area contributed by atoms with Crippen molar-refractivity contribution in [3.8, 4) is 0 Å². The molecule has 0 bridgehead atoms. The number of rotatable bonds is 2. The Balaban J connectivity index is 2.95. The van der Waals surface area contributed by atoms with Crippen LogP contribution >= 0.6 is 0 Å². The van der Waals surface area contributed by atoms with E-state index in [2.05, 4.69) is 5.32 Å². The Morgan fingerprint density at radius 3 is 2.60 bits per heavy atom. The van der Waals surface area contributed by atoms with Crippen molar-refractivity contribution in [1.29, 1.82) is 0 Å². The molecule has 6 heteroatoms. The van der Waals surface area contributed by atoms with Gasteiger partial charge in [-0.1, -0.05) is 0 Å². The molecule has 0 aliphatic carbocycles. The molecule has 1 aromatic heterocycles. The van der Waals surface area contributed by atoms with Crippen molar-refractivity contribution in [1.82, 2.24) is 4.57 Å². The summed E-state index contributed by atoms with van der Waals surface area (Å²) in [4.78, 5) is 11.4. The molecule has 0 saturated carbocycles. The maximum Gasteiger partial charge on any atom is 0.405 e. The van der Waals surface area contributed by atoms with E-state index in [1.807, 2.05) is 0 Å². The standard InChI is InChI=1S/C9H11F3N2O/c1-6-3-4-14(2)8(15)7(6)13-5-9(10,11)12/h3-4,13H,5H2,1-2H3. The zero-order chi connectivity index (χ0) is 11.6. The number of aromatic nitrogens is 1. The number of nitrogens with zero attached hydrogens (tertiary/aromatic N) is 1. The average molecular weight is 220 g/mol. The molecule has 0 atom stereocenters.